The number of hydrogen-bond acceptors (Lipinski definition) is 1. The molecule has 0 aliphatic heterocycles. The quantitative estimate of drug-likeness (QED) is 0.665. The van der Waals surface area contributed by atoms with Crippen molar-refractivity contribution < 1.29 is 31.4 Å². The van der Waals surface area contributed by atoms with E-state index < -0.39 is 31.3 Å². The third kappa shape index (κ3) is 9.22. The fourth-order valence-corrected chi connectivity index (χ4v) is 3.18. The maximum Gasteiger partial charge on any atom is 0.389 e. The smallest absolute Gasteiger partial charge is 0.389 e. The fourth-order valence-electron chi connectivity index (χ4n) is 3.18. The zero-order valence-corrected chi connectivity index (χ0v) is 11.8. The Balaban J connectivity index is 2.29. The molecule has 1 aliphatic rings. The summed E-state index contributed by atoms with van der Waals surface area (Å²) >= 11 is 0. The van der Waals surface area contributed by atoms with Gasteiger partial charge in [-0.2, -0.15) is 26.3 Å². The molecule has 0 saturated heterocycles. The maximum atomic E-state index is 12.1. The minimum Gasteiger partial charge on any atom is -0.393 e. The van der Waals surface area contributed by atoms with Crippen LogP contribution in [0.25, 0.3) is 0 Å². The number of aliphatic hydroxyl groups is 1. The predicted octanol–water partition coefficient (Wildman–Crippen LogP) is 5.23. The number of alkyl halides is 6. The van der Waals surface area contributed by atoms with E-state index in [4.69, 9.17) is 0 Å². The van der Waals surface area contributed by atoms with Crippen LogP contribution in [0.1, 0.15) is 57.8 Å². The fraction of sp³-hybridized carbons (Fsp3) is 1.00. The number of hydrogen-bond donors (Lipinski definition) is 1. The second kappa shape index (κ2) is 7.70. The molecule has 0 aromatic carbocycles. The zero-order chi connectivity index (χ0) is 16.1. The summed E-state index contributed by atoms with van der Waals surface area (Å²) in [5, 5.41) is 9.72. The molecule has 126 valence electrons. The van der Waals surface area contributed by atoms with Gasteiger partial charge in [0.05, 0.1) is 6.10 Å². The van der Waals surface area contributed by atoms with Crippen LogP contribution in [0.3, 0.4) is 0 Å². The third-order valence-electron chi connectivity index (χ3n) is 4.02. The first-order valence-electron chi connectivity index (χ1n) is 7.37. The Morgan fingerprint density at radius 1 is 0.714 bits per heavy atom. The molecule has 1 saturated carbocycles. The van der Waals surface area contributed by atoms with E-state index in [1.165, 1.54) is 0 Å². The normalized spacial score (nSPS) is 27.9. The molecule has 0 radical (unpaired) electrons. The van der Waals surface area contributed by atoms with Gasteiger partial charge in [0.15, 0.2) is 0 Å². The second-order valence-corrected chi connectivity index (χ2v) is 6.11. The Morgan fingerprint density at radius 3 is 1.43 bits per heavy atom. The van der Waals surface area contributed by atoms with Gasteiger partial charge in [-0.15, -0.1) is 0 Å². The summed E-state index contributed by atoms with van der Waals surface area (Å²) in [4.78, 5) is 0. The molecule has 2 atom stereocenters. The van der Waals surface area contributed by atoms with E-state index in [1.807, 2.05) is 0 Å². The summed E-state index contributed by atoms with van der Waals surface area (Å²) in [5.74, 6) is -0.0148. The van der Waals surface area contributed by atoms with Gasteiger partial charge in [0.2, 0.25) is 0 Å². The predicted molar refractivity (Wildman–Crippen MR) is 66.6 cm³/mol. The number of halogens is 6. The summed E-state index contributed by atoms with van der Waals surface area (Å²) in [6.45, 7) is 0. The van der Waals surface area contributed by atoms with Crippen molar-refractivity contribution in [3.8, 4) is 0 Å². The van der Waals surface area contributed by atoms with E-state index in [1.54, 1.807) is 0 Å². The maximum absolute atomic E-state index is 12.1. The van der Waals surface area contributed by atoms with Crippen LogP contribution in [0.2, 0.25) is 0 Å². The van der Waals surface area contributed by atoms with Crippen LogP contribution in [0, 0.1) is 11.8 Å². The molecule has 1 aliphatic carbocycles. The van der Waals surface area contributed by atoms with Crippen molar-refractivity contribution in [3.63, 3.8) is 0 Å². The Hall–Kier alpha value is -0.460. The highest BCUT2D eigenvalue weighted by atomic mass is 19.4. The first-order chi connectivity index (χ1) is 9.55. The van der Waals surface area contributed by atoms with Crippen molar-refractivity contribution in [2.75, 3.05) is 0 Å². The number of aliphatic hydroxyl groups excluding tert-OH is 1. The van der Waals surface area contributed by atoms with Gasteiger partial charge in [-0.1, -0.05) is 12.8 Å². The van der Waals surface area contributed by atoms with E-state index in [-0.39, 0.29) is 24.7 Å². The van der Waals surface area contributed by atoms with Gasteiger partial charge in [-0.05, 0) is 43.9 Å². The van der Waals surface area contributed by atoms with Crippen LogP contribution in [0.15, 0.2) is 0 Å². The van der Waals surface area contributed by atoms with Gasteiger partial charge >= 0.3 is 12.4 Å². The first-order valence-corrected chi connectivity index (χ1v) is 7.37. The van der Waals surface area contributed by atoms with Crippen LogP contribution in [-0.4, -0.2) is 23.6 Å². The van der Waals surface area contributed by atoms with Crippen LogP contribution in [0.5, 0.6) is 0 Å². The van der Waals surface area contributed by atoms with Crippen LogP contribution >= 0.6 is 0 Å². The molecule has 0 heterocycles. The highest BCUT2D eigenvalue weighted by Gasteiger charge is 2.31. The molecule has 1 rings (SSSR count). The molecular weight excluding hydrogens is 298 g/mol. The highest BCUT2D eigenvalue weighted by Crippen LogP contribution is 2.37. The van der Waals surface area contributed by atoms with E-state index in [0.717, 1.165) is 0 Å². The Morgan fingerprint density at radius 2 is 1.10 bits per heavy atom. The van der Waals surface area contributed by atoms with Crippen molar-refractivity contribution in [2.45, 2.75) is 76.2 Å². The molecule has 0 spiro atoms. The Kier molecular flexibility index (Phi) is 6.81. The lowest BCUT2D eigenvalue weighted by molar-refractivity contribution is -0.136. The van der Waals surface area contributed by atoms with Crippen molar-refractivity contribution in [1.29, 1.82) is 0 Å². The summed E-state index contributed by atoms with van der Waals surface area (Å²) in [5.41, 5.74) is 0. The van der Waals surface area contributed by atoms with Crippen molar-refractivity contribution >= 4 is 0 Å². The highest BCUT2D eigenvalue weighted by molar-refractivity contribution is 4.79. The molecule has 1 nitrogen and oxygen atoms in total. The topological polar surface area (TPSA) is 20.2 Å². The monoisotopic (exact) mass is 320 g/mol. The van der Waals surface area contributed by atoms with Crippen LogP contribution in [0.4, 0.5) is 26.3 Å². The summed E-state index contributed by atoms with van der Waals surface area (Å²) in [7, 11) is 0. The first kappa shape index (κ1) is 18.6. The minimum absolute atomic E-state index is 0.00742. The molecule has 0 amide bonds. The Labute approximate surface area is 120 Å². The van der Waals surface area contributed by atoms with Gasteiger partial charge in [0, 0.05) is 12.8 Å². The van der Waals surface area contributed by atoms with E-state index in [9.17, 15) is 31.4 Å². The average Bonchev–Trinajstić information content (AvgIpc) is 2.24. The Bertz CT molecular complexity index is 271. The third-order valence-corrected chi connectivity index (χ3v) is 4.02. The molecule has 2 unspecified atom stereocenters. The zero-order valence-electron chi connectivity index (χ0n) is 11.8. The largest absolute Gasteiger partial charge is 0.393 e. The number of rotatable bonds is 6. The minimum atomic E-state index is -4.17. The van der Waals surface area contributed by atoms with E-state index in [2.05, 4.69) is 0 Å². The van der Waals surface area contributed by atoms with Crippen molar-refractivity contribution in [2.24, 2.45) is 11.8 Å². The molecule has 1 N–H and O–H groups in total. The van der Waals surface area contributed by atoms with Crippen LogP contribution in [-0.2, 0) is 0 Å². The van der Waals surface area contributed by atoms with E-state index in [0.29, 0.717) is 32.1 Å². The summed E-state index contributed by atoms with van der Waals surface area (Å²) < 4.78 is 72.5. The van der Waals surface area contributed by atoms with Crippen molar-refractivity contribution in [3.05, 3.63) is 0 Å². The lowest BCUT2D eigenvalue weighted by Gasteiger charge is -2.33. The van der Waals surface area contributed by atoms with Gasteiger partial charge in [0.1, 0.15) is 0 Å². The molecule has 0 bridgehead atoms. The van der Waals surface area contributed by atoms with Gasteiger partial charge in [-0.3, -0.25) is 0 Å². The molecule has 7 heteroatoms. The van der Waals surface area contributed by atoms with Gasteiger partial charge in [-0.25, -0.2) is 0 Å². The average molecular weight is 320 g/mol. The lowest BCUT2D eigenvalue weighted by atomic mass is 9.76. The molecule has 21 heavy (non-hydrogen) atoms. The second-order valence-electron chi connectivity index (χ2n) is 6.11. The SMILES string of the molecule is OC1CC(CCCC(F)(F)F)CC(CCCC(F)(F)F)C1. The molecule has 0 aromatic rings. The lowest BCUT2D eigenvalue weighted by Crippen LogP contribution is -2.27. The molecule has 1 fully saturated rings. The van der Waals surface area contributed by atoms with E-state index >= 15 is 0 Å². The van der Waals surface area contributed by atoms with Crippen LogP contribution < -0.4 is 0 Å². The standard InChI is InChI=1S/C14H22F6O/c15-13(16,17)5-1-3-10-7-11(9-12(21)8-10)4-2-6-14(18,19)20/h10-12,21H,1-9H2. The summed E-state index contributed by atoms with van der Waals surface area (Å²) in [6.07, 6.45) is -8.22. The van der Waals surface area contributed by atoms with Gasteiger partial charge in [0.25, 0.3) is 0 Å². The van der Waals surface area contributed by atoms with Gasteiger partial charge < -0.3 is 5.11 Å². The molecular formula is C14H22F6O. The van der Waals surface area contributed by atoms with Crippen molar-refractivity contribution in [1.82, 2.24) is 0 Å². The molecule has 0 aromatic heterocycles. The summed E-state index contributed by atoms with van der Waals surface area (Å²) in [6, 6.07) is 0.